The summed E-state index contributed by atoms with van der Waals surface area (Å²) in [6.45, 7) is 3.93. The Labute approximate surface area is 86.6 Å². The molecule has 0 N–H and O–H groups in total. The topological polar surface area (TPSA) is 34.1 Å². The minimum atomic E-state index is -2.85. The fraction of sp³-hybridized carbons (Fsp3) is 1.00. The average molecular weight is 227 g/mol. The molecule has 0 heterocycles. The van der Waals surface area contributed by atoms with Crippen molar-refractivity contribution in [2.45, 2.75) is 33.1 Å². The smallest absolute Gasteiger partial charge is 0.150 e. The first-order valence-corrected chi connectivity index (χ1v) is 7.13. The summed E-state index contributed by atoms with van der Waals surface area (Å²) in [5.41, 5.74) is 0. The molecular formula is C9H19ClO2S. The van der Waals surface area contributed by atoms with Crippen molar-refractivity contribution in [1.29, 1.82) is 0 Å². The van der Waals surface area contributed by atoms with Crippen LogP contribution in [-0.2, 0) is 9.84 Å². The third-order valence-electron chi connectivity index (χ3n) is 1.86. The second kappa shape index (κ2) is 6.66. The highest BCUT2D eigenvalue weighted by Crippen LogP contribution is 2.06. The number of sulfone groups is 1. The van der Waals surface area contributed by atoms with Crippen molar-refractivity contribution in [3.63, 3.8) is 0 Å². The van der Waals surface area contributed by atoms with Crippen LogP contribution >= 0.6 is 11.6 Å². The van der Waals surface area contributed by atoms with Crippen molar-refractivity contribution >= 4 is 21.4 Å². The van der Waals surface area contributed by atoms with Crippen molar-refractivity contribution in [3.05, 3.63) is 0 Å². The summed E-state index contributed by atoms with van der Waals surface area (Å²) in [6, 6.07) is 0. The van der Waals surface area contributed by atoms with Crippen molar-refractivity contribution in [2.24, 2.45) is 5.92 Å². The van der Waals surface area contributed by atoms with Crippen molar-refractivity contribution in [2.75, 3.05) is 17.4 Å². The molecule has 0 fully saturated rings. The van der Waals surface area contributed by atoms with Crippen LogP contribution < -0.4 is 0 Å². The first kappa shape index (κ1) is 13.2. The number of alkyl halides is 1. The van der Waals surface area contributed by atoms with Crippen LogP contribution in [0.15, 0.2) is 0 Å². The van der Waals surface area contributed by atoms with E-state index >= 15 is 0 Å². The largest absolute Gasteiger partial charge is 0.229 e. The van der Waals surface area contributed by atoms with E-state index in [0.29, 0.717) is 11.6 Å². The Morgan fingerprint density at radius 3 is 2.38 bits per heavy atom. The molecule has 0 saturated heterocycles. The van der Waals surface area contributed by atoms with Crippen LogP contribution in [0.4, 0.5) is 0 Å². The van der Waals surface area contributed by atoms with E-state index in [1.807, 2.05) is 6.92 Å². The molecule has 0 aliphatic carbocycles. The zero-order chi connectivity index (χ0) is 10.3. The molecular weight excluding hydrogens is 208 g/mol. The van der Waals surface area contributed by atoms with Gasteiger partial charge in [0.1, 0.15) is 0 Å². The molecule has 1 atom stereocenters. The van der Waals surface area contributed by atoms with Gasteiger partial charge in [0.05, 0.1) is 11.5 Å². The molecule has 0 bridgehead atoms. The number of unbranched alkanes of at least 4 members (excludes halogenated alkanes) is 2. The summed E-state index contributed by atoms with van der Waals surface area (Å²) in [4.78, 5) is 0. The van der Waals surface area contributed by atoms with Gasteiger partial charge in [0.2, 0.25) is 0 Å². The molecule has 4 heteroatoms. The summed E-state index contributed by atoms with van der Waals surface area (Å²) >= 11 is 5.55. The fourth-order valence-electron chi connectivity index (χ4n) is 1.13. The standard InChI is InChI=1S/C9H19ClO2S/c1-3-4-5-6-13(11,12)8-9(2)7-10/h9H,3-8H2,1-2H3. The van der Waals surface area contributed by atoms with Gasteiger partial charge in [-0.1, -0.05) is 26.7 Å². The number of hydrogen-bond donors (Lipinski definition) is 0. The number of halogens is 1. The van der Waals surface area contributed by atoms with Crippen LogP contribution in [0.25, 0.3) is 0 Å². The first-order valence-electron chi connectivity index (χ1n) is 4.78. The Morgan fingerprint density at radius 1 is 1.31 bits per heavy atom. The van der Waals surface area contributed by atoms with E-state index in [1.54, 1.807) is 0 Å². The third kappa shape index (κ3) is 7.32. The highest BCUT2D eigenvalue weighted by molar-refractivity contribution is 7.91. The molecule has 0 aromatic rings. The molecule has 0 radical (unpaired) electrons. The predicted octanol–water partition coefficient (Wildman–Crippen LogP) is 2.47. The lowest BCUT2D eigenvalue weighted by atomic mass is 10.3. The second-order valence-corrected chi connectivity index (χ2v) is 6.12. The molecule has 1 unspecified atom stereocenters. The van der Waals surface area contributed by atoms with Crippen molar-refractivity contribution < 1.29 is 8.42 Å². The van der Waals surface area contributed by atoms with Crippen LogP contribution in [-0.4, -0.2) is 25.8 Å². The summed E-state index contributed by atoms with van der Waals surface area (Å²) in [5, 5.41) is 0. The fourth-order valence-corrected chi connectivity index (χ4v) is 3.17. The highest BCUT2D eigenvalue weighted by Gasteiger charge is 2.14. The molecule has 0 aliphatic rings. The van der Waals surface area contributed by atoms with Gasteiger partial charge >= 0.3 is 0 Å². The Kier molecular flexibility index (Phi) is 6.78. The molecule has 0 aromatic carbocycles. The van der Waals surface area contributed by atoms with Gasteiger partial charge in [-0.2, -0.15) is 0 Å². The van der Waals surface area contributed by atoms with E-state index in [-0.39, 0.29) is 11.7 Å². The monoisotopic (exact) mass is 226 g/mol. The van der Waals surface area contributed by atoms with Crippen LogP contribution in [0.2, 0.25) is 0 Å². The number of rotatable bonds is 7. The van der Waals surface area contributed by atoms with Crippen LogP contribution in [0.1, 0.15) is 33.1 Å². The lowest BCUT2D eigenvalue weighted by molar-refractivity contribution is 0.578. The highest BCUT2D eigenvalue weighted by atomic mass is 35.5. The molecule has 13 heavy (non-hydrogen) atoms. The average Bonchev–Trinajstić information content (AvgIpc) is 2.03. The minimum absolute atomic E-state index is 0.0771. The van der Waals surface area contributed by atoms with Gasteiger partial charge < -0.3 is 0 Å². The zero-order valence-corrected chi connectivity index (χ0v) is 10.00. The van der Waals surface area contributed by atoms with Gasteiger partial charge in [-0.25, -0.2) is 8.42 Å². The maximum Gasteiger partial charge on any atom is 0.150 e. The Balaban J connectivity index is 3.81. The van der Waals surface area contributed by atoms with Gasteiger partial charge in [0.25, 0.3) is 0 Å². The lowest BCUT2D eigenvalue weighted by Crippen LogP contribution is -2.17. The molecule has 80 valence electrons. The normalized spacial score (nSPS) is 14.4. The maximum atomic E-state index is 11.4. The summed E-state index contributed by atoms with van der Waals surface area (Å²) in [7, 11) is -2.85. The Morgan fingerprint density at radius 2 is 1.92 bits per heavy atom. The molecule has 0 spiro atoms. The Hall–Kier alpha value is 0.240. The van der Waals surface area contributed by atoms with Gasteiger partial charge in [-0.3, -0.25) is 0 Å². The molecule has 0 rings (SSSR count). The van der Waals surface area contributed by atoms with Crippen LogP contribution in [0.5, 0.6) is 0 Å². The third-order valence-corrected chi connectivity index (χ3v) is 4.38. The van der Waals surface area contributed by atoms with E-state index in [0.717, 1.165) is 19.3 Å². The van der Waals surface area contributed by atoms with E-state index in [1.165, 1.54) is 0 Å². The van der Waals surface area contributed by atoms with Crippen molar-refractivity contribution in [1.82, 2.24) is 0 Å². The van der Waals surface area contributed by atoms with Crippen LogP contribution in [0.3, 0.4) is 0 Å². The van der Waals surface area contributed by atoms with Crippen molar-refractivity contribution in [3.8, 4) is 0 Å². The second-order valence-electron chi connectivity index (χ2n) is 3.58. The van der Waals surface area contributed by atoms with E-state index in [9.17, 15) is 8.42 Å². The summed E-state index contributed by atoms with van der Waals surface area (Å²) in [5.74, 6) is 1.06. The quantitative estimate of drug-likeness (QED) is 0.494. The summed E-state index contributed by atoms with van der Waals surface area (Å²) < 4.78 is 22.8. The molecule has 0 amide bonds. The summed E-state index contributed by atoms with van der Waals surface area (Å²) in [6.07, 6.45) is 2.84. The lowest BCUT2D eigenvalue weighted by Gasteiger charge is -2.07. The Bertz CT molecular complexity index is 212. The van der Waals surface area contributed by atoms with E-state index < -0.39 is 9.84 Å². The zero-order valence-electron chi connectivity index (χ0n) is 8.42. The van der Waals surface area contributed by atoms with Crippen LogP contribution in [0, 0.1) is 5.92 Å². The SMILES string of the molecule is CCCCCS(=O)(=O)CC(C)CCl. The van der Waals surface area contributed by atoms with Gasteiger partial charge in [0, 0.05) is 5.88 Å². The molecule has 0 saturated carbocycles. The number of hydrogen-bond acceptors (Lipinski definition) is 2. The molecule has 2 nitrogen and oxygen atoms in total. The first-order chi connectivity index (χ1) is 6.02. The molecule has 0 aliphatic heterocycles. The maximum absolute atomic E-state index is 11.4. The van der Waals surface area contributed by atoms with E-state index in [2.05, 4.69) is 6.92 Å². The van der Waals surface area contributed by atoms with Gasteiger partial charge in [0.15, 0.2) is 9.84 Å². The predicted molar refractivity (Wildman–Crippen MR) is 58.1 cm³/mol. The van der Waals surface area contributed by atoms with E-state index in [4.69, 9.17) is 11.6 Å². The molecule has 0 aromatic heterocycles. The van der Waals surface area contributed by atoms with Gasteiger partial charge in [-0.15, -0.1) is 11.6 Å². The minimum Gasteiger partial charge on any atom is -0.229 e. The van der Waals surface area contributed by atoms with Gasteiger partial charge in [-0.05, 0) is 12.3 Å².